The van der Waals surface area contributed by atoms with Crippen molar-refractivity contribution in [3.63, 3.8) is 0 Å². The van der Waals surface area contributed by atoms with Gasteiger partial charge in [0.1, 0.15) is 5.82 Å². The van der Waals surface area contributed by atoms with Crippen molar-refractivity contribution in [1.82, 2.24) is 9.88 Å². The van der Waals surface area contributed by atoms with Crippen LogP contribution in [0.1, 0.15) is 41.9 Å². The summed E-state index contributed by atoms with van der Waals surface area (Å²) in [6.07, 6.45) is 0.651. The molecule has 0 saturated carbocycles. The maximum Gasteiger partial charge on any atom is 0.339 e. The Morgan fingerprint density at radius 3 is 2.82 bits per heavy atom. The van der Waals surface area contributed by atoms with Gasteiger partial charge >= 0.3 is 5.97 Å². The number of carbonyl (C=O) groups excluding carboxylic acids is 2. The molecular formula is C25H25BrFN3O3. The van der Waals surface area contributed by atoms with E-state index in [0.717, 1.165) is 42.7 Å². The lowest BCUT2D eigenvalue weighted by Crippen LogP contribution is -2.34. The van der Waals surface area contributed by atoms with Crippen molar-refractivity contribution >= 4 is 44.4 Å². The molecule has 3 aromatic rings. The van der Waals surface area contributed by atoms with Gasteiger partial charge in [-0.15, -0.1) is 0 Å². The van der Waals surface area contributed by atoms with Crippen molar-refractivity contribution < 1.29 is 18.7 Å². The number of esters is 1. The molecule has 8 heteroatoms. The number of fused-ring (bicyclic) bond motifs is 2. The van der Waals surface area contributed by atoms with Crippen LogP contribution in [0, 0.1) is 5.82 Å². The Balaban J connectivity index is 1.60. The van der Waals surface area contributed by atoms with Crippen LogP contribution in [0.25, 0.3) is 10.9 Å². The first-order valence-corrected chi connectivity index (χ1v) is 11.8. The van der Waals surface area contributed by atoms with Crippen molar-refractivity contribution in [2.75, 3.05) is 18.4 Å². The Morgan fingerprint density at radius 2 is 2.06 bits per heavy atom. The van der Waals surface area contributed by atoms with Gasteiger partial charge in [-0.25, -0.2) is 9.18 Å². The van der Waals surface area contributed by atoms with Crippen LogP contribution < -0.4 is 5.32 Å². The lowest BCUT2D eigenvalue weighted by Gasteiger charge is -2.29. The third-order valence-electron chi connectivity index (χ3n) is 5.71. The number of anilines is 1. The van der Waals surface area contributed by atoms with Crippen LogP contribution in [-0.2, 0) is 22.5 Å². The minimum absolute atomic E-state index is 0.0213. The van der Waals surface area contributed by atoms with Gasteiger partial charge < -0.3 is 10.1 Å². The number of hydrogen-bond donors (Lipinski definition) is 1. The average molecular weight is 514 g/mol. The monoisotopic (exact) mass is 513 g/mol. The van der Waals surface area contributed by atoms with Gasteiger partial charge in [-0.05, 0) is 44.2 Å². The third-order valence-corrected chi connectivity index (χ3v) is 6.20. The van der Waals surface area contributed by atoms with Crippen LogP contribution in [0.4, 0.5) is 10.1 Å². The Kier molecular flexibility index (Phi) is 7.05. The molecule has 0 aliphatic carbocycles. The molecule has 1 amide bonds. The zero-order valence-electron chi connectivity index (χ0n) is 18.5. The van der Waals surface area contributed by atoms with Gasteiger partial charge in [0, 0.05) is 40.6 Å². The topological polar surface area (TPSA) is 71.5 Å². The van der Waals surface area contributed by atoms with E-state index in [-0.39, 0.29) is 5.69 Å². The van der Waals surface area contributed by atoms with Crippen molar-refractivity contribution in [1.29, 1.82) is 0 Å². The molecule has 172 valence electrons. The fraction of sp³-hybridized carbons (Fsp3) is 0.320. The van der Waals surface area contributed by atoms with Crippen molar-refractivity contribution in [2.24, 2.45) is 0 Å². The maximum absolute atomic E-state index is 14.1. The molecule has 1 unspecified atom stereocenters. The SMILES string of the molecule is CCCN1CCc2nc3ccccc3c(C(=O)OC(C)C(=O)Nc3ccc(Br)cc3F)c2C1. The number of carbonyl (C=O) groups is 2. The molecule has 1 aliphatic heterocycles. The number of aromatic nitrogens is 1. The highest BCUT2D eigenvalue weighted by molar-refractivity contribution is 9.10. The molecule has 2 aromatic carbocycles. The molecule has 33 heavy (non-hydrogen) atoms. The summed E-state index contributed by atoms with van der Waals surface area (Å²) in [5, 5.41) is 3.18. The number of halogens is 2. The highest BCUT2D eigenvalue weighted by Crippen LogP contribution is 2.29. The summed E-state index contributed by atoms with van der Waals surface area (Å²) in [5.74, 6) is -1.77. The molecule has 0 radical (unpaired) electrons. The molecule has 0 fully saturated rings. The minimum atomic E-state index is -1.11. The Labute approximate surface area is 200 Å². The first-order chi connectivity index (χ1) is 15.9. The van der Waals surface area contributed by atoms with Crippen LogP contribution in [0.5, 0.6) is 0 Å². The minimum Gasteiger partial charge on any atom is -0.449 e. The summed E-state index contributed by atoms with van der Waals surface area (Å²) in [4.78, 5) is 33.0. The zero-order chi connectivity index (χ0) is 23.5. The van der Waals surface area contributed by atoms with E-state index in [0.29, 0.717) is 22.0 Å². The standard InChI is InChI=1S/C25H25BrFN3O3/c1-3-11-30-12-10-21-18(14-30)23(17-6-4-5-7-20(17)28-21)25(32)33-15(2)24(31)29-22-9-8-16(26)13-19(22)27/h4-9,13,15H,3,10-12,14H2,1-2H3,(H,29,31). The number of hydrogen-bond acceptors (Lipinski definition) is 5. The van der Waals surface area contributed by atoms with Gasteiger partial charge in [-0.1, -0.05) is 41.1 Å². The molecule has 2 heterocycles. The third kappa shape index (κ3) is 5.07. The maximum atomic E-state index is 14.1. The van der Waals surface area contributed by atoms with Gasteiger partial charge in [0.25, 0.3) is 5.91 Å². The smallest absolute Gasteiger partial charge is 0.339 e. The van der Waals surface area contributed by atoms with E-state index in [1.807, 2.05) is 24.3 Å². The Morgan fingerprint density at radius 1 is 1.27 bits per heavy atom. The number of benzene rings is 2. The zero-order valence-corrected chi connectivity index (χ0v) is 20.1. The summed E-state index contributed by atoms with van der Waals surface area (Å²) in [5.41, 5.74) is 2.94. The normalized spacial score (nSPS) is 14.5. The highest BCUT2D eigenvalue weighted by Gasteiger charge is 2.28. The predicted octanol–water partition coefficient (Wildman–Crippen LogP) is 5.09. The first kappa shape index (κ1) is 23.3. The second-order valence-electron chi connectivity index (χ2n) is 8.12. The summed E-state index contributed by atoms with van der Waals surface area (Å²) >= 11 is 3.18. The second-order valence-corrected chi connectivity index (χ2v) is 9.03. The number of ether oxygens (including phenoxy) is 1. The fourth-order valence-electron chi connectivity index (χ4n) is 4.08. The van der Waals surface area contributed by atoms with Gasteiger partial charge in [0.05, 0.1) is 16.8 Å². The number of nitrogens with zero attached hydrogens (tertiary/aromatic N) is 2. The molecular weight excluding hydrogens is 489 g/mol. The van der Waals surface area contributed by atoms with Crippen molar-refractivity contribution in [3.05, 3.63) is 69.6 Å². The first-order valence-electron chi connectivity index (χ1n) is 11.0. The molecule has 1 N–H and O–H groups in total. The van der Waals surface area contributed by atoms with Gasteiger partial charge in [-0.3, -0.25) is 14.7 Å². The molecule has 0 saturated heterocycles. The van der Waals surface area contributed by atoms with Crippen LogP contribution in [0.15, 0.2) is 46.9 Å². The van der Waals surface area contributed by atoms with E-state index >= 15 is 0 Å². The Bertz CT molecular complexity index is 1220. The number of pyridine rings is 1. The lowest BCUT2D eigenvalue weighted by atomic mass is 9.95. The Hall–Kier alpha value is -2.84. The average Bonchev–Trinajstić information content (AvgIpc) is 2.79. The molecule has 0 bridgehead atoms. The lowest BCUT2D eigenvalue weighted by molar-refractivity contribution is -0.123. The summed E-state index contributed by atoms with van der Waals surface area (Å²) in [6, 6.07) is 11.8. The number of para-hydroxylation sites is 1. The van der Waals surface area contributed by atoms with E-state index < -0.39 is 23.8 Å². The number of amides is 1. The van der Waals surface area contributed by atoms with E-state index in [4.69, 9.17) is 9.72 Å². The molecule has 1 atom stereocenters. The van der Waals surface area contributed by atoms with E-state index in [9.17, 15) is 14.0 Å². The molecule has 1 aromatic heterocycles. The van der Waals surface area contributed by atoms with Gasteiger partial charge in [0.2, 0.25) is 0 Å². The fourth-order valence-corrected chi connectivity index (χ4v) is 4.42. The number of nitrogens with one attached hydrogen (secondary N) is 1. The highest BCUT2D eigenvalue weighted by atomic mass is 79.9. The largest absolute Gasteiger partial charge is 0.449 e. The molecule has 6 nitrogen and oxygen atoms in total. The van der Waals surface area contributed by atoms with Crippen molar-refractivity contribution in [3.8, 4) is 0 Å². The summed E-state index contributed by atoms with van der Waals surface area (Å²) in [7, 11) is 0. The molecule has 0 spiro atoms. The summed E-state index contributed by atoms with van der Waals surface area (Å²) in [6.45, 7) is 6.02. The predicted molar refractivity (Wildman–Crippen MR) is 129 cm³/mol. The van der Waals surface area contributed by atoms with Gasteiger partial charge in [-0.2, -0.15) is 0 Å². The molecule has 1 aliphatic rings. The quantitative estimate of drug-likeness (QED) is 0.465. The number of rotatable bonds is 6. The second kappa shape index (κ2) is 9.97. The van der Waals surface area contributed by atoms with Crippen LogP contribution >= 0.6 is 15.9 Å². The molecule has 4 rings (SSSR count). The van der Waals surface area contributed by atoms with Crippen LogP contribution in [0.2, 0.25) is 0 Å². The van der Waals surface area contributed by atoms with E-state index in [2.05, 4.69) is 33.1 Å². The van der Waals surface area contributed by atoms with Crippen LogP contribution in [0.3, 0.4) is 0 Å². The van der Waals surface area contributed by atoms with E-state index in [1.165, 1.54) is 19.1 Å². The van der Waals surface area contributed by atoms with E-state index in [1.54, 1.807) is 6.07 Å². The summed E-state index contributed by atoms with van der Waals surface area (Å²) < 4.78 is 20.2. The van der Waals surface area contributed by atoms with Gasteiger partial charge in [0.15, 0.2) is 6.10 Å². The van der Waals surface area contributed by atoms with Crippen molar-refractivity contribution in [2.45, 2.75) is 39.3 Å². The van der Waals surface area contributed by atoms with Crippen LogP contribution in [-0.4, -0.2) is 41.0 Å².